The minimum Gasteiger partial charge on any atom is -0.478 e. The van der Waals surface area contributed by atoms with Crippen molar-refractivity contribution in [2.75, 3.05) is 13.1 Å². The number of imidazole rings is 1. The molecule has 1 amide bonds. The third-order valence-corrected chi connectivity index (χ3v) is 4.78. The summed E-state index contributed by atoms with van der Waals surface area (Å²) in [5, 5.41) is 9.09. The van der Waals surface area contributed by atoms with E-state index in [0.717, 1.165) is 31.5 Å². The number of carboxylic acid groups (broad SMARTS) is 1. The maximum absolute atomic E-state index is 12.5. The van der Waals surface area contributed by atoms with Crippen LogP contribution in [0.2, 0.25) is 0 Å². The van der Waals surface area contributed by atoms with Crippen LogP contribution in [0.15, 0.2) is 42.5 Å². The Hall–Kier alpha value is -3.15. The zero-order valence-electron chi connectivity index (χ0n) is 14.2. The number of aromatic nitrogens is 2. The van der Waals surface area contributed by atoms with Crippen LogP contribution in [0.4, 0.5) is 0 Å². The average molecular weight is 349 g/mol. The van der Waals surface area contributed by atoms with Crippen molar-refractivity contribution in [3.05, 3.63) is 53.6 Å². The molecule has 1 aromatic heterocycles. The summed E-state index contributed by atoms with van der Waals surface area (Å²) in [5.74, 6) is -0.241. The van der Waals surface area contributed by atoms with Crippen LogP contribution in [0, 0.1) is 0 Å². The molecule has 0 aliphatic carbocycles. The highest BCUT2D eigenvalue weighted by Crippen LogP contribution is 2.22. The van der Waals surface area contributed by atoms with Gasteiger partial charge in [0.1, 0.15) is 5.82 Å². The van der Waals surface area contributed by atoms with Gasteiger partial charge in [-0.05, 0) is 49.6 Å². The van der Waals surface area contributed by atoms with E-state index in [1.165, 1.54) is 12.5 Å². The number of piperidine rings is 1. The van der Waals surface area contributed by atoms with Crippen LogP contribution < -0.4 is 0 Å². The Morgan fingerprint density at radius 2 is 1.65 bits per heavy atom. The molecule has 2 heterocycles. The Labute approximate surface area is 150 Å². The number of aromatic carboxylic acids is 1. The van der Waals surface area contributed by atoms with Crippen LogP contribution in [0.1, 0.15) is 40.0 Å². The highest BCUT2D eigenvalue weighted by atomic mass is 16.4. The van der Waals surface area contributed by atoms with Gasteiger partial charge in [-0.1, -0.05) is 12.1 Å². The Bertz CT molecular complexity index is 970. The zero-order chi connectivity index (χ0) is 18.1. The van der Waals surface area contributed by atoms with Crippen molar-refractivity contribution in [3.8, 4) is 11.4 Å². The van der Waals surface area contributed by atoms with E-state index in [9.17, 15) is 9.59 Å². The third-order valence-electron chi connectivity index (χ3n) is 4.78. The first kappa shape index (κ1) is 16.3. The number of hydrogen-bond acceptors (Lipinski definition) is 3. The van der Waals surface area contributed by atoms with Gasteiger partial charge in [-0.2, -0.15) is 0 Å². The van der Waals surface area contributed by atoms with Crippen LogP contribution >= 0.6 is 0 Å². The number of amides is 1. The molecule has 1 aliphatic heterocycles. The number of benzene rings is 2. The van der Waals surface area contributed by atoms with Crippen LogP contribution in [-0.4, -0.2) is 44.9 Å². The van der Waals surface area contributed by atoms with E-state index in [1.807, 2.05) is 29.2 Å². The lowest BCUT2D eigenvalue weighted by Crippen LogP contribution is -2.35. The summed E-state index contributed by atoms with van der Waals surface area (Å²) in [6.45, 7) is 1.66. The number of carboxylic acids is 1. The van der Waals surface area contributed by atoms with Gasteiger partial charge in [-0.25, -0.2) is 9.78 Å². The molecule has 132 valence electrons. The number of H-pyrrole nitrogens is 1. The summed E-state index contributed by atoms with van der Waals surface area (Å²) >= 11 is 0. The zero-order valence-corrected chi connectivity index (χ0v) is 14.2. The summed E-state index contributed by atoms with van der Waals surface area (Å²) < 4.78 is 0. The number of carbonyl (C=O) groups is 2. The van der Waals surface area contributed by atoms with Crippen molar-refractivity contribution >= 4 is 22.9 Å². The largest absolute Gasteiger partial charge is 0.478 e. The van der Waals surface area contributed by atoms with E-state index < -0.39 is 5.97 Å². The highest BCUT2D eigenvalue weighted by Gasteiger charge is 2.18. The van der Waals surface area contributed by atoms with Crippen molar-refractivity contribution in [1.82, 2.24) is 14.9 Å². The number of rotatable bonds is 3. The summed E-state index contributed by atoms with van der Waals surface area (Å²) in [7, 11) is 0. The Morgan fingerprint density at radius 1 is 0.962 bits per heavy atom. The second kappa shape index (κ2) is 6.63. The van der Waals surface area contributed by atoms with Gasteiger partial charge in [0.05, 0.1) is 16.6 Å². The number of fused-ring (bicyclic) bond motifs is 1. The van der Waals surface area contributed by atoms with Gasteiger partial charge >= 0.3 is 5.97 Å². The maximum atomic E-state index is 12.5. The summed E-state index contributed by atoms with van der Waals surface area (Å²) in [5.41, 5.74) is 3.13. The lowest BCUT2D eigenvalue weighted by atomic mass is 10.1. The molecule has 6 heteroatoms. The molecule has 26 heavy (non-hydrogen) atoms. The Kier molecular flexibility index (Phi) is 4.16. The average Bonchev–Trinajstić information content (AvgIpc) is 3.11. The lowest BCUT2D eigenvalue weighted by molar-refractivity contribution is 0.0694. The van der Waals surface area contributed by atoms with E-state index in [1.54, 1.807) is 12.1 Å². The predicted molar refractivity (Wildman–Crippen MR) is 98.2 cm³/mol. The minimum absolute atomic E-state index is 0.0759. The van der Waals surface area contributed by atoms with Crippen molar-refractivity contribution in [3.63, 3.8) is 0 Å². The fraction of sp³-hybridized carbons (Fsp3) is 0.250. The first-order valence-corrected chi connectivity index (χ1v) is 8.74. The smallest absolute Gasteiger partial charge is 0.335 e. The molecule has 0 saturated carbocycles. The van der Waals surface area contributed by atoms with E-state index in [4.69, 9.17) is 5.11 Å². The monoisotopic (exact) mass is 349 g/mol. The van der Waals surface area contributed by atoms with Crippen LogP contribution in [0.3, 0.4) is 0 Å². The van der Waals surface area contributed by atoms with Crippen LogP contribution in [0.25, 0.3) is 22.4 Å². The molecule has 0 radical (unpaired) electrons. The molecule has 0 unspecified atom stereocenters. The molecule has 3 aromatic rings. The molecular formula is C20H19N3O3. The van der Waals surface area contributed by atoms with Gasteiger partial charge in [-0.15, -0.1) is 0 Å². The molecule has 0 spiro atoms. The SMILES string of the molecule is O=C(O)c1ccc2nc(-c3ccc(C(=O)N4CCCCC4)cc3)[nH]c2c1. The summed E-state index contributed by atoms with van der Waals surface area (Å²) in [4.78, 5) is 33.2. The van der Waals surface area contributed by atoms with Crippen molar-refractivity contribution in [2.45, 2.75) is 19.3 Å². The van der Waals surface area contributed by atoms with Gasteiger partial charge in [-0.3, -0.25) is 4.79 Å². The molecule has 1 fully saturated rings. The van der Waals surface area contributed by atoms with Gasteiger partial charge in [0.25, 0.3) is 5.91 Å². The Balaban J connectivity index is 1.59. The number of aromatic amines is 1. The fourth-order valence-electron chi connectivity index (χ4n) is 3.33. The van der Waals surface area contributed by atoms with E-state index in [2.05, 4.69) is 9.97 Å². The van der Waals surface area contributed by atoms with Crippen LogP contribution in [-0.2, 0) is 0 Å². The Morgan fingerprint density at radius 3 is 2.35 bits per heavy atom. The van der Waals surface area contributed by atoms with Crippen LogP contribution in [0.5, 0.6) is 0 Å². The predicted octanol–water partition coefficient (Wildman–Crippen LogP) is 3.55. The number of nitrogens with zero attached hydrogens (tertiary/aromatic N) is 2. The number of likely N-dealkylation sites (tertiary alicyclic amines) is 1. The molecule has 0 atom stereocenters. The lowest BCUT2D eigenvalue weighted by Gasteiger charge is -2.26. The molecular weight excluding hydrogens is 330 g/mol. The fourth-order valence-corrected chi connectivity index (χ4v) is 3.33. The molecule has 1 saturated heterocycles. The topological polar surface area (TPSA) is 86.3 Å². The van der Waals surface area contributed by atoms with Crippen molar-refractivity contribution in [2.24, 2.45) is 0 Å². The van der Waals surface area contributed by atoms with Gasteiger partial charge in [0, 0.05) is 24.2 Å². The first-order chi connectivity index (χ1) is 12.6. The molecule has 4 rings (SSSR count). The quantitative estimate of drug-likeness (QED) is 0.757. The van der Waals surface area contributed by atoms with E-state index >= 15 is 0 Å². The maximum Gasteiger partial charge on any atom is 0.335 e. The molecule has 0 bridgehead atoms. The molecule has 2 N–H and O–H groups in total. The van der Waals surface area contributed by atoms with Crippen molar-refractivity contribution < 1.29 is 14.7 Å². The summed E-state index contributed by atoms with van der Waals surface area (Å²) in [6, 6.07) is 12.2. The van der Waals surface area contributed by atoms with Gasteiger partial charge in [0.2, 0.25) is 0 Å². The summed E-state index contributed by atoms with van der Waals surface area (Å²) in [6.07, 6.45) is 3.33. The van der Waals surface area contributed by atoms with Gasteiger partial charge < -0.3 is 15.0 Å². The second-order valence-electron chi connectivity index (χ2n) is 6.55. The molecule has 1 aliphatic rings. The standard InChI is InChI=1S/C20H19N3O3/c24-19(23-10-2-1-3-11-23)14-6-4-13(5-7-14)18-21-16-9-8-15(20(25)26)12-17(16)22-18/h4-9,12H,1-3,10-11H2,(H,21,22)(H,25,26). The van der Waals surface area contributed by atoms with Crippen molar-refractivity contribution in [1.29, 1.82) is 0 Å². The highest BCUT2D eigenvalue weighted by molar-refractivity contribution is 5.95. The number of hydrogen-bond donors (Lipinski definition) is 2. The molecule has 6 nitrogen and oxygen atoms in total. The van der Waals surface area contributed by atoms with E-state index in [-0.39, 0.29) is 11.5 Å². The first-order valence-electron chi connectivity index (χ1n) is 8.74. The van der Waals surface area contributed by atoms with E-state index in [0.29, 0.717) is 22.4 Å². The normalized spacial score (nSPS) is 14.5. The van der Waals surface area contributed by atoms with Gasteiger partial charge in [0.15, 0.2) is 0 Å². The number of nitrogens with one attached hydrogen (secondary N) is 1. The minimum atomic E-state index is -0.969. The number of carbonyl (C=O) groups excluding carboxylic acids is 1. The second-order valence-corrected chi connectivity index (χ2v) is 6.55. The third kappa shape index (κ3) is 3.06. The molecule has 2 aromatic carbocycles.